The molecule has 0 atom stereocenters. The van der Waals surface area contributed by atoms with E-state index in [9.17, 15) is 18.0 Å². The van der Waals surface area contributed by atoms with E-state index in [-0.39, 0.29) is 23.3 Å². The van der Waals surface area contributed by atoms with Gasteiger partial charge in [0.2, 0.25) is 21.8 Å². The number of rotatable bonds is 7. The average Bonchev–Trinajstić information content (AvgIpc) is 2.76. The molecule has 0 saturated carbocycles. The van der Waals surface area contributed by atoms with Gasteiger partial charge in [-0.1, -0.05) is 12.1 Å². The van der Waals surface area contributed by atoms with E-state index in [1.54, 1.807) is 18.9 Å². The van der Waals surface area contributed by atoms with Gasteiger partial charge in [0.25, 0.3) is 0 Å². The molecule has 3 rings (SSSR count). The summed E-state index contributed by atoms with van der Waals surface area (Å²) in [5.74, 6) is 0.509. The van der Waals surface area contributed by atoms with Crippen LogP contribution < -0.4 is 15.2 Å². The van der Waals surface area contributed by atoms with Crippen LogP contribution >= 0.6 is 0 Å². The number of benzene rings is 2. The highest BCUT2D eigenvalue weighted by molar-refractivity contribution is 7.89. The van der Waals surface area contributed by atoms with E-state index < -0.39 is 10.0 Å². The normalized spacial score (nSPS) is 14.7. The molecule has 1 aliphatic rings. The molecule has 3 N–H and O–H groups in total. The van der Waals surface area contributed by atoms with Crippen LogP contribution in [-0.2, 0) is 26.0 Å². The second-order valence-corrected chi connectivity index (χ2v) is 9.75. The zero-order chi connectivity index (χ0) is 24.2. The van der Waals surface area contributed by atoms with Crippen LogP contribution in [-0.4, -0.2) is 69.9 Å². The van der Waals surface area contributed by atoms with E-state index in [0.29, 0.717) is 38.3 Å². The maximum atomic E-state index is 12.6. The average molecular weight is 475 g/mol. The van der Waals surface area contributed by atoms with Gasteiger partial charge in [0.05, 0.1) is 25.0 Å². The van der Waals surface area contributed by atoms with Crippen LogP contribution in [0.1, 0.15) is 16.7 Å². The fraction of sp³-hybridized carbons (Fsp3) is 0.391. The summed E-state index contributed by atoms with van der Waals surface area (Å²) in [6.45, 7) is 5.95. The molecular weight excluding hydrogens is 444 g/mol. The molecule has 1 saturated heterocycles. The second kappa shape index (κ2) is 10.3. The van der Waals surface area contributed by atoms with Gasteiger partial charge >= 0.3 is 0 Å². The predicted molar refractivity (Wildman–Crippen MR) is 126 cm³/mol. The number of carbonyl (C=O) groups is 2. The van der Waals surface area contributed by atoms with Crippen LogP contribution in [0.3, 0.4) is 0 Å². The van der Waals surface area contributed by atoms with Crippen molar-refractivity contribution in [3.05, 3.63) is 53.1 Å². The fourth-order valence-electron chi connectivity index (χ4n) is 3.74. The van der Waals surface area contributed by atoms with E-state index in [1.165, 1.54) is 12.1 Å². The summed E-state index contributed by atoms with van der Waals surface area (Å²) in [4.78, 5) is 29.0. The number of piperazine rings is 1. The SMILES string of the molecule is COc1cccc(CC(=O)N2CCN(CC(=O)Nc3cc(S(N)(=O)=O)cc(C)c3C)CC2)c1. The van der Waals surface area contributed by atoms with Crippen LogP contribution in [0.2, 0.25) is 0 Å². The summed E-state index contributed by atoms with van der Waals surface area (Å²) >= 11 is 0. The lowest BCUT2D eigenvalue weighted by Gasteiger charge is -2.34. The number of nitrogens with one attached hydrogen (secondary N) is 1. The van der Waals surface area contributed by atoms with Crippen molar-refractivity contribution in [2.24, 2.45) is 5.14 Å². The van der Waals surface area contributed by atoms with Gasteiger partial charge < -0.3 is 15.0 Å². The molecule has 2 aromatic rings. The smallest absolute Gasteiger partial charge is 0.238 e. The molecule has 33 heavy (non-hydrogen) atoms. The van der Waals surface area contributed by atoms with Gasteiger partial charge in [-0.15, -0.1) is 0 Å². The molecule has 1 aliphatic heterocycles. The van der Waals surface area contributed by atoms with E-state index in [1.807, 2.05) is 36.1 Å². The Bertz CT molecular complexity index is 1140. The molecule has 1 heterocycles. The number of amides is 2. The van der Waals surface area contributed by atoms with Gasteiger partial charge in [0.15, 0.2) is 0 Å². The molecular formula is C23H30N4O5S. The van der Waals surface area contributed by atoms with Crippen LogP contribution in [0, 0.1) is 13.8 Å². The zero-order valence-electron chi connectivity index (χ0n) is 19.1. The Morgan fingerprint density at radius 2 is 1.79 bits per heavy atom. The Balaban J connectivity index is 1.53. The van der Waals surface area contributed by atoms with Crippen molar-refractivity contribution in [1.29, 1.82) is 0 Å². The Morgan fingerprint density at radius 1 is 1.09 bits per heavy atom. The van der Waals surface area contributed by atoms with Crippen molar-refractivity contribution in [2.45, 2.75) is 25.2 Å². The Morgan fingerprint density at radius 3 is 2.42 bits per heavy atom. The number of sulfonamides is 1. The van der Waals surface area contributed by atoms with Gasteiger partial charge in [0, 0.05) is 31.9 Å². The van der Waals surface area contributed by atoms with Crippen molar-refractivity contribution < 1.29 is 22.7 Å². The Hall–Kier alpha value is -2.95. The fourth-order valence-corrected chi connectivity index (χ4v) is 4.36. The Labute approximate surface area is 194 Å². The minimum atomic E-state index is -3.87. The van der Waals surface area contributed by atoms with Crippen molar-refractivity contribution in [3.8, 4) is 5.75 Å². The van der Waals surface area contributed by atoms with Crippen molar-refractivity contribution in [2.75, 3.05) is 45.2 Å². The highest BCUT2D eigenvalue weighted by Gasteiger charge is 2.23. The largest absolute Gasteiger partial charge is 0.497 e. The maximum Gasteiger partial charge on any atom is 0.238 e. The van der Waals surface area contributed by atoms with Crippen LogP contribution in [0.25, 0.3) is 0 Å². The monoisotopic (exact) mass is 474 g/mol. The summed E-state index contributed by atoms with van der Waals surface area (Å²) in [7, 11) is -2.28. The van der Waals surface area contributed by atoms with E-state index in [2.05, 4.69) is 5.32 Å². The summed E-state index contributed by atoms with van der Waals surface area (Å²) < 4.78 is 28.6. The number of aryl methyl sites for hydroxylation is 1. The Kier molecular flexibility index (Phi) is 7.72. The number of hydrogen-bond acceptors (Lipinski definition) is 6. The summed E-state index contributed by atoms with van der Waals surface area (Å²) in [5, 5.41) is 8.03. The minimum Gasteiger partial charge on any atom is -0.497 e. The van der Waals surface area contributed by atoms with Crippen LogP contribution in [0.15, 0.2) is 41.3 Å². The van der Waals surface area contributed by atoms with E-state index in [0.717, 1.165) is 22.4 Å². The number of hydrogen-bond donors (Lipinski definition) is 2. The van der Waals surface area contributed by atoms with Crippen LogP contribution in [0.5, 0.6) is 5.75 Å². The molecule has 2 aromatic carbocycles. The highest BCUT2D eigenvalue weighted by atomic mass is 32.2. The third kappa shape index (κ3) is 6.53. The second-order valence-electron chi connectivity index (χ2n) is 8.19. The first-order valence-electron chi connectivity index (χ1n) is 10.6. The zero-order valence-corrected chi connectivity index (χ0v) is 19.9. The van der Waals surface area contributed by atoms with E-state index in [4.69, 9.17) is 9.88 Å². The summed E-state index contributed by atoms with van der Waals surface area (Å²) in [5.41, 5.74) is 2.83. The van der Waals surface area contributed by atoms with Gasteiger partial charge in [-0.25, -0.2) is 13.6 Å². The van der Waals surface area contributed by atoms with E-state index >= 15 is 0 Å². The van der Waals surface area contributed by atoms with Crippen molar-refractivity contribution in [1.82, 2.24) is 9.80 Å². The van der Waals surface area contributed by atoms with Crippen molar-refractivity contribution >= 4 is 27.5 Å². The number of carbonyl (C=O) groups excluding carboxylic acids is 2. The van der Waals surface area contributed by atoms with Gasteiger partial charge in [-0.3, -0.25) is 14.5 Å². The van der Waals surface area contributed by atoms with Gasteiger partial charge in [0.1, 0.15) is 5.75 Å². The molecule has 0 spiro atoms. The molecule has 0 aliphatic carbocycles. The first-order chi connectivity index (χ1) is 15.6. The quantitative estimate of drug-likeness (QED) is 0.624. The first-order valence-corrected chi connectivity index (χ1v) is 12.2. The molecule has 0 bridgehead atoms. The lowest BCUT2D eigenvalue weighted by molar-refractivity contribution is -0.132. The highest BCUT2D eigenvalue weighted by Crippen LogP contribution is 2.23. The standard InChI is InChI=1S/C23H30N4O5S/c1-16-11-20(33(24,30)31)14-21(17(16)2)25-22(28)15-26-7-9-27(10-8-26)23(29)13-18-5-4-6-19(12-18)32-3/h4-6,11-12,14H,7-10,13,15H2,1-3H3,(H,25,28)(H2,24,30,31). The number of methoxy groups -OCH3 is 1. The van der Waals surface area contributed by atoms with Crippen molar-refractivity contribution in [3.63, 3.8) is 0 Å². The third-order valence-corrected chi connectivity index (χ3v) is 6.72. The molecule has 0 unspecified atom stereocenters. The molecule has 0 aromatic heterocycles. The topological polar surface area (TPSA) is 122 Å². The number of anilines is 1. The van der Waals surface area contributed by atoms with Crippen LogP contribution in [0.4, 0.5) is 5.69 Å². The van der Waals surface area contributed by atoms with Gasteiger partial charge in [-0.05, 0) is 54.8 Å². The number of nitrogens with zero attached hydrogens (tertiary/aromatic N) is 2. The first kappa shape index (κ1) is 24.7. The van der Waals surface area contributed by atoms with Gasteiger partial charge in [-0.2, -0.15) is 0 Å². The summed E-state index contributed by atoms with van der Waals surface area (Å²) in [6, 6.07) is 10.3. The number of primary sulfonamides is 1. The molecule has 9 nitrogen and oxygen atoms in total. The summed E-state index contributed by atoms with van der Waals surface area (Å²) in [6.07, 6.45) is 0.302. The molecule has 0 radical (unpaired) electrons. The lowest BCUT2D eigenvalue weighted by atomic mass is 10.1. The maximum absolute atomic E-state index is 12.6. The molecule has 2 amide bonds. The number of nitrogens with two attached hydrogens (primary N) is 1. The molecule has 10 heteroatoms. The lowest BCUT2D eigenvalue weighted by Crippen LogP contribution is -2.50. The molecule has 178 valence electrons. The minimum absolute atomic E-state index is 0.0379. The third-order valence-electron chi connectivity index (χ3n) is 5.83. The number of ether oxygens (including phenoxy) is 1. The molecule has 1 fully saturated rings. The predicted octanol–water partition coefficient (Wildman–Crippen LogP) is 1.28.